The van der Waals surface area contributed by atoms with Crippen molar-refractivity contribution in [3.05, 3.63) is 188 Å². The predicted molar refractivity (Wildman–Crippen MR) is 191 cm³/mol. The van der Waals surface area contributed by atoms with Gasteiger partial charge < -0.3 is 0 Å². The second kappa shape index (κ2) is 15.4. The fourth-order valence-corrected chi connectivity index (χ4v) is 9.24. The highest BCUT2D eigenvalue weighted by Crippen LogP contribution is 2.32. The molecule has 0 amide bonds. The molecule has 0 aliphatic heterocycles. The lowest BCUT2D eigenvalue weighted by Crippen LogP contribution is -3.61. The molecule has 0 saturated heterocycles. The molecule has 1 fully saturated rings. The van der Waals surface area contributed by atoms with Gasteiger partial charge in [0.05, 0.1) is 0 Å². The Hall–Kier alpha value is -3.89. The van der Waals surface area contributed by atoms with E-state index >= 15 is 0 Å². The summed E-state index contributed by atoms with van der Waals surface area (Å²) in [5.74, 6) is 0.829. The Balaban J connectivity index is 0.000000163. The summed E-state index contributed by atoms with van der Waals surface area (Å²) < 4.78 is 3.05. The quantitative estimate of drug-likeness (QED) is 0.159. The summed E-state index contributed by atoms with van der Waals surface area (Å²) >= 11 is -0.0155. The molecule has 0 aromatic heterocycles. The van der Waals surface area contributed by atoms with Crippen molar-refractivity contribution in [3.63, 3.8) is 0 Å². The third-order valence-corrected chi connectivity index (χ3v) is 12.1. The summed E-state index contributed by atoms with van der Waals surface area (Å²) in [5.41, 5.74) is 8.28. The summed E-state index contributed by atoms with van der Waals surface area (Å²) in [6.07, 6.45) is 5.85. The molecule has 1 saturated carbocycles. The molecule has 224 valence electrons. The Kier molecular flexibility index (Phi) is 10.7. The minimum Gasteiger partial charge on any atom is -0.195 e. The van der Waals surface area contributed by atoms with Crippen molar-refractivity contribution in [1.82, 2.24) is 0 Å². The molecule has 0 N–H and O–H groups in total. The Morgan fingerprint density at radius 1 is 0.422 bits per heavy atom. The van der Waals surface area contributed by atoms with Crippen LogP contribution in [-0.2, 0) is 0 Å². The van der Waals surface area contributed by atoms with Crippen molar-refractivity contribution in [1.29, 1.82) is 0 Å². The zero-order valence-electron chi connectivity index (χ0n) is 26.2. The molecule has 6 aromatic rings. The van der Waals surface area contributed by atoms with Crippen molar-refractivity contribution in [2.75, 3.05) is 0 Å². The van der Waals surface area contributed by atoms with Crippen molar-refractivity contribution < 1.29 is 21.2 Å². The van der Waals surface area contributed by atoms with E-state index in [-0.39, 0.29) is 21.2 Å². The lowest BCUT2D eigenvalue weighted by atomic mass is 9.13. The van der Waals surface area contributed by atoms with Crippen LogP contribution in [-0.4, -0.2) is 6.15 Å². The fraction of sp³-hybridized carbons (Fsp3) is 0.163. The maximum Gasteiger partial charge on any atom is 0.357 e. The molecule has 0 bridgehead atoms. The molecule has 1 aliphatic rings. The number of rotatable bonds is 7. The fourth-order valence-electron chi connectivity index (χ4n) is 7.08. The van der Waals surface area contributed by atoms with E-state index in [1.54, 1.807) is 5.56 Å². The maximum absolute atomic E-state index is 2.39. The summed E-state index contributed by atoms with van der Waals surface area (Å²) in [5, 5.41) is 0. The highest BCUT2D eigenvalue weighted by Gasteiger charge is 2.31. The van der Waals surface area contributed by atoms with Crippen LogP contribution >= 0.6 is 0 Å². The summed E-state index contributed by atoms with van der Waals surface area (Å²) in [6.45, 7) is 2.15. The van der Waals surface area contributed by atoms with Crippen LogP contribution in [0.2, 0.25) is 0 Å². The van der Waals surface area contributed by atoms with Crippen LogP contribution in [0.3, 0.4) is 0 Å². The highest BCUT2D eigenvalue weighted by molar-refractivity contribution is 7.19. The molecule has 0 atom stereocenters. The van der Waals surface area contributed by atoms with Gasteiger partial charge in [-0.25, -0.2) is 0 Å². The Bertz CT molecular complexity index is 1550. The zero-order valence-corrected chi connectivity index (χ0v) is 28.4. The zero-order chi connectivity index (χ0) is 30.7. The third-order valence-electron chi connectivity index (χ3n) is 9.37. The summed E-state index contributed by atoms with van der Waals surface area (Å²) in [7, 11) is 0. The first-order chi connectivity index (χ1) is 22.2. The van der Waals surface area contributed by atoms with E-state index in [0.717, 1.165) is 5.92 Å². The molecular weight excluding hydrogens is 654 g/mol. The largest absolute Gasteiger partial charge is 0.357 e. The Labute approximate surface area is 280 Å². The van der Waals surface area contributed by atoms with Gasteiger partial charge in [0.25, 0.3) is 0 Å². The second-order valence-corrected chi connectivity index (χ2v) is 15.3. The standard InChI is InChI=1S/C24H20B.C19H22I/c1-5-13-21(14-6-1)25(22-15-7-2-8-16-22,23-17-9-3-10-18-23)24-19-11-4-12-20-24;1-15-7-11-18(12-8-15)20-19-13-9-17(10-14-19)16-5-3-2-4-6-16/h1-20H;7-14,16H,2-6H2,1H3/q-1;+1. The van der Waals surface area contributed by atoms with Gasteiger partial charge in [-0.05, 0) is 55.5 Å². The average molecular weight is 697 g/mol. The van der Waals surface area contributed by atoms with E-state index in [2.05, 4.69) is 177 Å². The first-order valence-corrected chi connectivity index (χ1v) is 18.6. The molecule has 0 nitrogen and oxygen atoms in total. The number of aryl methyl sites for hydroxylation is 1. The van der Waals surface area contributed by atoms with Gasteiger partial charge >= 0.3 is 21.2 Å². The molecule has 45 heavy (non-hydrogen) atoms. The molecule has 7 rings (SSSR count). The number of benzene rings is 6. The predicted octanol–water partition coefficient (Wildman–Crippen LogP) is 5.24. The topological polar surface area (TPSA) is 0 Å². The van der Waals surface area contributed by atoms with Crippen LogP contribution in [0.15, 0.2) is 170 Å². The Morgan fingerprint density at radius 3 is 1.16 bits per heavy atom. The van der Waals surface area contributed by atoms with Gasteiger partial charge in [-0.3, -0.25) is 0 Å². The van der Waals surface area contributed by atoms with Crippen LogP contribution in [0.1, 0.15) is 49.1 Å². The van der Waals surface area contributed by atoms with Crippen molar-refractivity contribution in [2.45, 2.75) is 44.9 Å². The molecular formula is C43H42BI. The minimum atomic E-state index is -1.22. The monoisotopic (exact) mass is 696 g/mol. The van der Waals surface area contributed by atoms with Crippen LogP contribution in [0, 0.1) is 14.1 Å². The lowest BCUT2D eigenvalue weighted by molar-refractivity contribution is -0.597. The number of halogens is 1. The van der Waals surface area contributed by atoms with E-state index in [1.807, 2.05) is 0 Å². The lowest BCUT2D eigenvalue weighted by Gasteiger charge is -2.44. The molecule has 6 aromatic carbocycles. The van der Waals surface area contributed by atoms with Gasteiger partial charge in [-0.1, -0.05) is 170 Å². The molecule has 0 heterocycles. The number of hydrogen-bond acceptors (Lipinski definition) is 0. The van der Waals surface area contributed by atoms with Crippen molar-refractivity contribution in [2.24, 2.45) is 0 Å². The second-order valence-electron chi connectivity index (χ2n) is 12.3. The normalized spacial score (nSPS) is 13.4. The van der Waals surface area contributed by atoms with E-state index < -0.39 is 6.15 Å². The van der Waals surface area contributed by atoms with Crippen molar-refractivity contribution in [3.8, 4) is 0 Å². The van der Waals surface area contributed by atoms with Gasteiger partial charge in [-0.2, -0.15) is 21.9 Å². The van der Waals surface area contributed by atoms with Crippen LogP contribution < -0.4 is 43.1 Å². The SMILES string of the molecule is Cc1ccc([I+]c2ccc(C3CCCCC3)cc2)cc1.c1ccc([B-](c2ccccc2)(c2ccccc2)c2ccccc2)cc1. The number of hydrogen-bond donors (Lipinski definition) is 0. The molecule has 1 aliphatic carbocycles. The van der Waals surface area contributed by atoms with Crippen LogP contribution in [0.4, 0.5) is 0 Å². The average Bonchev–Trinajstić information content (AvgIpc) is 3.13. The first kappa shape index (κ1) is 31.1. The van der Waals surface area contributed by atoms with Gasteiger partial charge in [0, 0.05) is 0 Å². The third kappa shape index (κ3) is 7.51. The molecule has 0 spiro atoms. The first-order valence-electron chi connectivity index (χ1n) is 16.4. The van der Waals surface area contributed by atoms with Gasteiger partial charge in [-0.15, -0.1) is 0 Å². The molecule has 0 radical (unpaired) electrons. The van der Waals surface area contributed by atoms with E-state index in [4.69, 9.17) is 0 Å². The molecule has 2 heteroatoms. The van der Waals surface area contributed by atoms with Gasteiger partial charge in [0.15, 0.2) is 7.14 Å². The van der Waals surface area contributed by atoms with E-state index in [9.17, 15) is 0 Å². The van der Waals surface area contributed by atoms with Crippen LogP contribution in [0.25, 0.3) is 0 Å². The summed E-state index contributed by atoms with van der Waals surface area (Å²) in [4.78, 5) is 0. The van der Waals surface area contributed by atoms with Gasteiger partial charge in [0.1, 0.15) is 6.15 Å². The molecule has 0 unspecified atom stereocenters. The summed E-state index contributed by atoms with van der Waals surface area (Å²) in [6, 6.07) is 62.1. The van der Waals surface area contributed by atoms with E-state index in [0.29, 0.717) is 0 Å². The van der Waals surface area contributed by atoms with Crippen LogP contribution in [0.5, 0.6) is 0 Å². The smallest absolute Gasteiger partial charge is 0.195 e. The maximum atomic E-state index is 2.39. The minimum absolute atomic E-state index is 0.0155. The van der Waals surface area contributed by atoms with E-state index in [1.165, 1.54) is 66.7 Å². The Morgan fingerprint density at radius 2 is 0.778 bits per heavy atom. The van der Waals surface area contributed by atoms with Crippen molar-refractivity contribution >= 4 is 28.0 Å². The highest BCUT2D eigenvalue weighted by atomic mass is 127. The van der Waals surface area contributed by atoms with Gasteiger partial charge in [0.2, 0.25) is 0 Å².